The van der Waals surface area contributed by atoms with Crippen LogP contribution in [0.25, 0.3) is 0 Å². The first-order chi connectivity index (χ1) is 4.16. The molecule has 52 valence electrons. The molecule has 0 aromatic heterocycles. The van der Waals surface area contributed by atoms with Crippen LogP contribution in [0.5, 0.6) is 0 Å². The summed E-state index contributed by atoms with van der Waals surface area (Å²) in [6.07, 6.45) is 0. The van der Waals surface area contributed by atoms with E-state index in [0.29, 0.717) is 0 Å². The number of rotatable bonds is 3. The lowest BCUT2D eigenvalue weighted by Crippen LogP contribution is -2.18. The Kier molecular flexibility index (Phi) is 4.55. The van der Waals surface area contributed by atoms with Crippen LogP contribution >= 0.6 is 11.8 Å². The van der Waals surface area contributed by atoms with Crippen LogP contribution in [0, 0.1) is 11.3 Å². The van der Waals surface area contributed by atoms with Gasteiger partial charge < -0.3 is 5.73 Å². The summed E-state index contributed by atoms with van der Waals surface area (Å²) in [5, 5.41) is 8.42. The van der Waals surface area contributed by atoms with Crippen molar-refractivity contribution in [1.29, 1.82) is 5.26 Å². The molecule has 0 aromatic carbocycles. The maximum absolute atomic E-state index is 8.34. The Bertz CT molecular complexity index is 106. The summed E-state index contributed by atoms with van der Waals surface area (Å²) in [5.74, 6) is 0.870. The van der Waals surface area contributed by atoms with Crippen molar-refractivity contribution in [2.24, 2.45) is 5.73 Å². The Labute approximate surface area is 60.4 Å². The fraction of sp³-hybridized carbons (Fsp3) is 0.833. The van der Waals surface area contributed by atoms with Crippen molar-refractivity contribution in [3.05, 3.63) is 0 Å². The minimum atomic E-state index is 0.0796. The Morgan fingerprint density at radius 2 is 2.22 bits per heavy atom. The van der Waals surface area contributed by atoms with Gasteiger partial charge in [-0.2, -0.15) is 5.26 Å². The van der Waals surface area contributed by atoms with Gasteiger partial charge >= 0.3 is 0 Å². The van der Waals surface area contributed by atoms with E-state index in [9.17, 15) is 0 Å². The SMILES string of the molecule is CC(N)CSC(C)C#N. The Hall–Kier alpha value is -0.200. The second-order valence-electron chi connectivity index (χ2n) is 2.08. The van der Waals surface area contributed by atoms with E-state index >= 15 is 0 Å². The molecule has 0 spiro atoms. The van der Waals surface area contributed by atoms with Crippen molar-refractivity contribution >= 4 is 11.8 Å². The molecule has 0 rings (SSSR count). The molecule has 3 heteroatoms. The van der Waals surface area contributed by atoms with E-state index in [1.165, 1.54) is 0 Å². The maximum atomic E-state index is 8.34. The van der Waals surface area contributed by atoms with Gasteiger partial charge in [-0.15, -0.1) is 11.8 Å². The van der Waals surface area contributed by atoms with E-state index in [4.69, 9.17) is 11.0 Å². The highest BCUT2D eigenvalue weighted by Gasteiger charge is 2.00. The van der Waals surface area contributed by atoms with Crippen LogP contribution < -0.4 is 5.73 Å². The van der Waals surface area contributed by atoms with Gasteiger partial charge in [0.2, 0.25) is 0 Å². The lowest BCUT2D eigenvalue weighted by molar-refractivity contribution is 0.846. The second-order valence-corrected chi connectivity index (χ2v) is 3.46. The van der Waals surface area contributed by atoms with Crippen molar-refractivity contribution in [3.8, 4) is 6.07 Å². The van der Waals surface area contributed by atoms with Crippen LogP contribution in [0.3, 0.4) is 0 Å². The zero-order valence-corrected chi connectivity index (χ0v) is 6.61. The van der Waals surface area contributed by atoms with Crippen molar-refractivity contribution < 1.29 is 0 Å². The maximum Gasteiger partial charge on any atom is 0.0889 e. The zero-order chi connectivity index (χ0) is 7.28. The topological polar surface area (TPSA) is 49.8 Å². The van der Waals surface area contributed by atoms with Gasteiger partial charge in [-0.25, -0.2) is 0 Å². The molecule has 2 N–H and O–H groups in total. The average Bonchev–Trinajstić information content (AvgIpc) is 1.83. The van der Waals surface area contributed by atoms with E-state index in [1.54, 1.807) is 11.8 Å². The first-order valence-electron chi connectivity index (χ1n) is 2.93. The van der Waals surface area contributed by atoms with Crippen LogP contribution in [0.15, 0.2) is 0 Å². The van der Waals surface area contributed by atoms with Crippen molar-refractivity contribution in [3.63, 3.8) is 0 Å². The molecule has 0 aromatic rings. The first-order valence-corrected chi connectivity index (χ1v) is 3.98. The Morgan fingerprint density at radius 3 is 2.56 bits per heavy atom. The number of nitrogens with zero attached hydrogens (tertiary/aromatic N) is 1. The highest BCUT2D eigenvalue weighted by Crippen LogP contribution is 2.08. The van der Waals surface area contributed by atoms with Gasteiger partial charge in [0.05, 0.1) is 11.3 Å². The summed E-state index contributed by atoms with van der Waals surface area (Å²) < 4.78 is 0. The van der Waals surface area contributed by atoms with Crippen molar-refractivity contribution in [2.75, 3.05) is 5.75 Å². The molecular weight excluding hydrogens is 132 g/mol. The lowest BCUT2D eigenvalue weighted by Gasteiger charge is -2.04. The lowest BCUT2D eigenvalue weighted by atomic mass is 10.4. The van der Waals surface area contributed by atoms with Gasteiger partial charge in [-0.3, -0.25) is 0 Å². The fourth-order valence-corrected chi connectivity index (χ4v) is 1.00. The summed E-state index contributed by atoms with van der Waals surface area (Å²) in [5.41, 5.74) is 5.47. The minimum Gasteiger partial charge on any atom is -0.327 e. The van der Waals surface area contributed by atoms with E-state index < -0.39 is 0 Å². The minimum absolute atomic E-state index is 0.0796. The van der Waals surface area contributed by atoms with Gasteiger partial charge in [0.1, 0.15) is 0 Å². The molecule has 0 heterocycles. The van der Waals surface area contributed by atoms with E-state index in [0.717, 1.165) is 5.75 Å². The van der Waals surface area contributed by atoms with Gasteiger partial charge in [-0.1, -0.05) is 0 Å². The Morgan fingerprint density at radius 1 is 1.67 bits per heavy atom. The first kappa shape index (κ1) is 8.80. The average molecular weight is 144 g/mol. The van der Waals surface area contributed by atoms with Gasteiger partial charge in [0.25, 0.3) is 0 Å². The summed E-state index contributed by atoms with van der Waals surface area (Å²) >= 11 is 1.60. The fourth-order valence-electron chi connectivity index (χ4n) is 0.333. The molecule has 2 atom stereocenters. The smallest absolute Gasteiger partial charge is 0.0889 e. The zero-order valence-electron chi connectivity index (χ0n) is 5.79. The molecule has 0 aliphatic heterocycles. The number of nitriles is 1. The van der Waals surface area contributed by atoms with Crippen LogP contribution in [0.4, 0.5) is 0 Å². The quantitative estimate of drug-likeness (QED) is 0.642. The summed E-state index contributed by atoms with van der Waals surface area (Å²) in [4.78, 5) is 0. The molecule has 0 fully saturated rings. The van der Waals surface area contributed by atoms with Crippen LogP contribution in [-0.2, 0) is 0 Å². The van der Waals surface area contributed by atoms with Crippen molar-refractivity contribution in [1.82, 2.24) is 0 Å². The largest absolute Gasteiger partial charge is 0.327 e. The van der Waals surface area contributed by atoms with Gasteiger partial charge in [0.15, 0.2) is 0 Å². The molecule has 9 heavy (non-hydrogen) atoms. The molecule has 0 aliphatic rings. The second kappa shape index (κ2) is 4.66. The van der Waals surface area contributed by atoms with Crippen LogP contribution in [0.2, 0.25) is 0 Å². The van der Waals surface area contributed by atoms with E-state index in [2.05, 4.69) is 6.07 Å². The molecule has 2 nitrogen and oxygen atoms in total. The van der Waals surface area contributed by atoms with Crippen molar-refractivity contribution in [2.45, 2.75) is 25.1 Å². The number of hydrogen-bond donors (Lipinski definition) is 1. The third-order valence-corrected chi connectivity index (χ3v) is 2.11. The van der Waals surface area contributed by atoms with Gasteiger partial charge in [0, 0.05) is 11.8 Å². The molecule has 0 saturated heterocycles. The van der Waals surface area contributed by atoms with Crippen LogP contribution in [-0.4, -0.2) is 17.0 Å². The van der Waals surface area contributed by atoms with E-state index in [-0.39, 0.29) is 11.3 Å². The number of nitrogens with two attached hydrogens (primary N) is 1. The standard InChI is InChI=1S/C6H12N2S/c1-5(8)4-9-6(2)3-7/h5-6H,4,8H2,1-2H3. The third kappa shape index (κ3) is 5.67. The number of hydrogen-bond acceptors (Lipinski definition) is 3. The molecule has 0 aliphatic carbocycles. The van der Waals surface area contributed by atoms with Crippen LogP contribution in [0.1, 0.15) is 13.8 Å². The number of thioether (sulfide) groups is 1. The monoisotopic (exact) mass is 144 g/mol. The van der Waals surface area contributed by atoms with E-state index in [1.807, 2.05) is 13.8 Å². The normalized spacial score (nSPS) is 16.2. The summed E-state index contributed by atoms with van der Waals surface area (Å²) in [6, 6.07) is 2.33. The highest BCUT2D eigenvalue weighted by molar-refractivity contribution is 8.00. The predicted molar refractivity (Wildman–Crippen MR) is 41.2 cm³/mol. The molecule has 0 amide bonds. The summed E-state index contributed by atoms with van der Waals surface area (Å²) in [7, 11) is 0. The molecule has 0 saturated carbocycles. The molecule has 2 unspecified atom stereocenters. The van der Waals surface area contributed by atoms with Gasteiger partial charge in [-0.05, 0) is 13.8 Å². The molecular formula is C6H12N2S. The Balaban J connectivity index is 3.19. The predicted octanol–water partition coefficient (Wildman–Crippen LogP) is 0.979. The molecule has 0 bridgehead atoms. The third-order valence-electron chi connectivity index (χ3n) is 0.791. The highest BCUT2D eigenvalue weighted by atomic mass is 32.2. The molecule has 0 radical (unpaired) electrons. The summed E-state index contributed by atoms with van der Waals surface area (Å²) in [6.45, 7) is 3.82.